The van der Waals surface area contributed by atoms with Crippen molar-refractivity contribution < 1.29 is 236 Å². The minimum atomic E-state index is -1.08. The van der Waals surface area contributed by atoms with Gasteiger partial charge in [-0.1, -0.05) is 164 Å². The number of esters is 2. The van der Waals surface area contributed by atoms with Crippen molar-refractivity contribution in [2.75, 3.05) is 27.4 Å². The van der Waals surface area contributed by atoms with Crippen LogP contribution in [0.1, 0.15) is 228 Å². The van der Waals surface area contributed by atoms with Crippen LogP contribution in [-0.2, 0) is 215 Å². The van der Waals surface area contributed by atoms with E-state index in [0.717, 1.165) is 64.2 Å². The summed E-state index contributed by atoms with van der Waals surface area (Å²) in [6.45, 7) is 96.9. The Morgan fingerprint density at radius 1 is 0.382 bits per heavy atom. The first-order chi connectivity index (χ1) is 42.3. The van der Waals surface area contributed by atoms with Crippen molar-refractivity contribution in [1.29, 1.82) is 0 Å². The molecule has 2 fully saturated rings. The first-order valence-electron chi connectivity index (χ1n) is 31.0. The van der Waals surface area contributed by atoms with E-state index in [1.165, 1.54) is 50.9 Å². The summed E-state index contributed by atoms with van der Waals surface area (Å²) in [5.41, 5.74) is 8.79. The average Bonchev–Trinajstić information content (AvgIpc) is 1.02. The van der Waals surface area contributed by atoms with E-state index in [-0.39, 0.29) is 161 Å². The van der Waals surface area contributed by atoms with Crippen LogP contribution in [0.4, 0.5) is 0 Å². The van der Waals surface area contributed by atoms with Gasteiger partial charge in [-0.2, -0.15) is 49.4 Å². The molecule has 8 radical (unpaired) electrons. The number of carboxylic acids is 2. The van der Waals surface area contributed by atoms with Gasteiger partial charge in [-0.05, 0) is 47.3 Å². The Hall–Kier alpha value is -0.845. The minimum Gasteiger partial charge on any atom is -0.503 e. The molecule has 600 valence electrons. The Labute approximate surface area is 723 Å². The van der Waals surface area contributed by atoms with Gasteiger partial charge in [0.25, 0.3) is 0 Å². The number of rotatable bonds is 8. The molecule has 0 bridgehead atoms. The Morgan fingerprint density at radius 3 is 0.578 bits per heavy atom. The molecule has 0 aromatic rings. The van der Waals surface area contributed by atoms with Crippen molar-refractivity contribution in [2.24, 2.45) is 45.3 Å². The van der Waals surface area contributed by atoms with Crippen molar-refractivity contribution in [3.05, 3.63) is 111 Å². The molecule has 2 heterocycles. The summed E-state index contributed by atoms with van der Waals surface area (Å²) >= 11 is 0. The predicted molar refractivity (Wildman–Crippen MR) is 385 cm³/mol. The third kappa shape index (κ3) is 395. The summed E-state index contributed by atoms with van der Waals surface area (Å²) in [6.07, 6.45) is 14.6. The number of hydrogen-bond acceptors (Lipinski definition) is 16. The van der Waals surface area contributed by atoms with E-state index in [4.69, 9.17) is 49.4 Å². The van der Waals surface area contributed by atoms with E-state index in [2.05, 4.69) is 270 Å². The van der Waals surface area contributed by atoms with E-state index in [0.29, 0.717) is 58.5 Å². The molecule has 2 rings (SSSR count). The minimum absolute atomic E-state index is 0. The summed E-state index contributed by atoms with van der Waals surface area (Å²) in [4.78, 5) is 85.7. The zero-order chi connectivity index (χ0) is 78.5. The molecule has 2 unspecified atom stereocenters. The van der Waals surface area contributed by atoms with Gasteiger partial charge in [-0.25, -0.2) is 9.68 Å². The van der Waals surface area contributed by atoms with Gasteiger partial charge >= 0.3 is 148 Å². The fourth-order valence-corrected chi connectivity index (χ4v) is 3.99. The van der Waals surface area contributed by atoms with Gasteiger partial charge in [0.05, 0.1) is 14.2 Å². The number of carboxylic acid groups (broad SMARTS) is 2. The molecule has 30 heteroatoms. The van der Waals surface area contributed by atoms with Crippen molar-refractivity contribution >= 4 is 47.5 Å². The third-order valence-corrected chi connectivity index (χ3v) is 7.30. The molecule has 0 aromatic carbocycles. The first-order valence-corrected chi connectivity index (χ1v) is 31.0. The number of hydroxylamine groups is 4. The quantitative estimate of drug-likeness (QED) is 0.0484. The zero-order valence-electron chi connectivity index (χ0n) is 67.2. The van der Waals surface area contributed by atoms with Crippen molar-refractivity contribution in [3.8, 4) is 0 Å². The molecule has 0 saturated carbocycles. The van der Waals surface area contributed by atoms with Gasteiger partial charge in [0, 0.05) is 26.1 Å². The molecule has 0 spiro atoms. The maximum absolute atomic E-state index is 10.3. The maximum Gasteiger partial charge on any atom is 2.00 e. The maximum atomic E-state index is 10.3. The zero-order valence-corrected chi connectivity index (χ0v) is 78.3. The summed E-state index contributed by atoms with van der Waals surface area (Å²) in [7, 11) is 2.57. The van der Waals surface area contributed by atoms with Gasteiger partial charge in [-0.3, -0.25) is 79.2 Å². The van der Waals surface area contributed by atoms with Gasteiger partial charge < -0.3 is 131 Å². The normalized spacial score (nSPS) is 11.8. The van der Waals surface area contributed by atoms with Gasteiger partial charge in [-0.15, -0.1) is 0 Å². The molecule has 0 aliphatic carbocycles. The van der Waals surface area contributed by atoms with Crippen LogP contribution in [0.2, 0.25) is 0 Å². The number of aliphatic carboxylic acids is 2. The van der Waals surface area contributed by atoms with Crippen molar-refractivity contribution in [1.82, 2.24) is 21.9 Å². The third-order valence-electron chi connectivity index (χ3n) is 7.30. The number of methoxy groups -OCH3 is 2. The molecule has 102 heavy (non-hydrogen) atoms. The van der Waals surface area contributed by atoms with Gasteiger partial charge in [0.1, 0.15) is 23.6 Å². The van der Waals surface area contributed by atoms with Crippen LogP contribution in [-0.4, -0.2) is 108 Å². The second-order valence-corrected chi connectivity index (χ2v) is 26.1. The molecule has 4 amide bonds. The van der Waals surface area contributed by atoms with Gasteiger partial charge in [0.2, 0.25) is 0 Å². The Balaban J connectivity index is -0.0000000337. The van der Waals surface area contributed by atoms with Crippen molar-refractivity contribution in [3.63, 3.8) is 0 Å². The van der Waals surface area contributed by atoms with Crippen LogP contribution in [0.5, 0.6) is 0 Å². The van der Waals surface area contributed by atoms with E-state index in [1.807, 2.05) is 0 Å². The number of ether oxygens (including phenoxy) is 4. The average molecular weight is 1760 g/mol. The molecular weight excluding hydrogens is 1620 g/mol. The van der Waals surface area contributed by atoms with E-state index >= 15 is 0 Å². The van der Waals surface area contributed by atoms with Gasteiger partial charge in [0.15, 0.2) is 36.5 Å². The number of hydrogen-bond donors (Lipinski definition) is 8. The van der Waals surface area contributed by atoms with E-state index in [9.17, 15) is 28.8 Å². The van der Waals surface area contributed by atoms with Crippen LogP contribution >= 0.6 is 0 Å². The Kier molecular flexibility index (Phi) is 188. The monoisotopic (exact) mass is 1760 g/mol. The summed E-state index contributed by atoms with van der Waals surface area (Å²) in [5, 5.41) is 29.6. The summed E-state index contributed by atoms with van der Waals surface area (Å²) in [5.74, 6) is -3.09. The summed E-state index contributed by atoms with van der Waals surface area (Å²) in [6, 6.07) is 0. The molecular formula is C72H144N4O18V8. The van der Waals surface area contributed by atoms with Crippen LogP contribution in [0.15, 0.2) is 0 Å². The fraction of sp³-hybridized carbons (Fsp3) is 0.667. The molecule has 2 atom stereocenters. The van der Waals surface area contributed by atoms with Crippen LogP contribution in [0.3, 0.4) is 0 Å². The topological polar surface area (TPSA) is 321 Å². The van der Waals surface area contributed by atoms with Crippen molar-refractivity contribution in [2.45, 2.75) is 241 Å². The molecule has 2 saturated heterocycles. The molecule has 2 aliphatic heterocycles. The number of carbonyl (C=O) groups excluding carboxylic acids is 6. The summed E-state index contributed by atoms with van der Waals surface area (Å²) < 4.78 is 18.3. The fourth-order valence-electron chi connectivity index (χ4n) is 3.99. The largest absolute Gasteiger partial charge is 2.00 e. The number of amides is 4. The van der Waals surface area contributed by atoms with E-state index in [1.54, 1.807) is 0 Å². The molecule has 2 aliphatic rings. The van der Waals surface area contributed by atoms with Crippen LogP contribution < -0.4 is 21.9 Å². The smallest absolute Gasteiger partial charge is 0.503 e. The number of carbonyl (C=O) groups is 8. The Bertz CT molecular complexity index is 1420. The van der Waals surface area contributed by atoms with Crippen LogP contribution in [0, 0.1) is 156 Å². The second kappa shape index (κ2) is 119. The predicted octanol–water partition coefficient (Wildman–Crippen LogP) is 15.7. The molecule has 22 nitrogen and oxygen atoms in total. The van der Waals surface area contributed by atoms with Crippen LogP contribution in [0.25, 0.3) is 0 Å². The SMILES string of the molecule is [CH2-]C(=O)NO.[CH2-]C(=O)NO.[CH2-]C(=O)NOC1CCCCO1.[CH2-]C(=O)NOC1CCCCO1.[CH2-]C(=O)O.[CH2-]C(=O)O.[CH2-]C(=O)OC.[CH2-]C(=O)OC.[CH2-]C(C)C.[CH2-]C(C)C.[CH2-]C(C)C.[CH2-]C(C)C.[CH2-]CCC(C)(C)C.[CH2-]CCC(C)(C)C.[CH2-]CCC(C)(C)C.[CH2-]CCC(C)(C)C.[V+2].[V+2].[V+2].[V+2].[V+2].[V+2].[V+2].[V+2]. The number of nitrogens with one attached hydrogen (secondary N) is 4. The first kappa shape index (κ1) is 162. The Morgan fingerprint density at radius 2 is 0.520 bits per heavy atom. The molecule has 8 N–H and O–H groups in total. The standard InChI is InChI=1S/2C7H12NO3.4C7H15.4C4H9.2C3H5O2.2C2H4NO2.2C2H3O2.8V/c2*1-6(9)8-11-7-4-2-3-5-10-7;4*1-5-6-7(2,3)4;4*1-4(2)3;2*1-3(4)5-2;2*1-2(4)3-5;2*1-2(3)4;;;;;;;;/h2*7H,1-5H2,(H,8,9);4*1,5-6H2,2-4H3;4*4H,1H2,2-3H3;2*1H2,2H3;2*5H,1H2,(H,3,4);2*1H2,(H,3,4);;;;;;;;/q16*-1;8*+2. The second-order valence-electron chi connectivity index (χ2n) is 26.1. The molecule has 0 aromatic heterocycles. The van der Waals surface area contributed by atoms with E-state index < -0.39 is 47.5 Å².